The molecule has 0 saturated carbocycles. The SMILES string of the molecule is CSc1ccc(S(=O)(=O)N(CC(=O)NCc2cccc(N3CCCC3=O)c2)c2ccc(C)cc2)cc1. The highest BCUT2D eigenvalue weighted by molar-refractivity contribution is 7.98. The molecule has 3 aromatic carbocycles. The number of hydrogen-bond donors (Lipinski definition) is 1. The number of anilines is 2. The normalized spacial score (nSPS) is 13.6. The zero-order valence-corrected chi connectivity index (χ0v) is 21.9. The van der Waals surface area contributed by atoms with Gasteiger partial charge >= 0.3 is 0 Å². The maximum atomic E-state index is 13.6. The van der Waals surface area contributed by atoms with Gasteiger partial charge in [0.15, 0.2) is 0 Å². The van der Waals surface area contributed by atoms with Crippen molar-refractivity contribution in [3.63, 3.8) is 0 Å². The number of amides is 2. The molecule has 1 aliphatic rings. The summed E-state index contributed by atoms with van der Waals surface area (Å²) in [6.45, 7) is 2.47. The molecule has 0 atom stereocenters. The zero-order chi connectivity index (χ0) is 25.7. The highest BCUT2D eigenvalue weighted by Gasteiger charge is 2.27. The molecule has 3 aromatic rings. The van der Waals surface area contributed by atoms with Crippen molar-refractivity contribution in [3.05, 3.63) is 83.9 Å². The summed E-state index contributed by atoms with van der Waals surface area (Å²) >= 11 is 1.52. The maximum Gasteiger partial charge on any atom is 0.264 e. The lowest BCUT2D eigenvalue weighted by atomic mass is 10.2. The fourth-order valence-electron chi connectivity index (χ4n) is 4.04. The van der Waals surface area contributed by atoms with Gasteiger partial charge in [0.2, 0.25) is 11.8 Å². The van der Waals surface area contributed by atoms with E-state index in [-0.39, 0.29) is 23.9 Å². The van der Waals surface area contributed by atoms with Crippen LogP contribution in [-0.4, -0.2) is 39.6 Å². The molecule has 9 heteroatoms. The number of thioether (sulfide) groups is 1. The predicted octanol–water partition coefficient (Wildman–Crippen LogP) is 4.36. The predicted molar refractivity (Wildman–Crippen MR) is 144 cm³/mol. The fraction of sp³-hybridized carbons (Fsp3) is 0.259. The van der Waals surface area contributed by atoms with Crippen LogP contribution in [0.4, 0.5) is 11.4 Å². The van der Waals surface area contributed by atoms with Crippen LogP contribution in [0.2, 0.25) is 0 Å². The summed E-state index contributed by atoms with van der Waals surface area (Å²) in [5.74, 6) is -0.330. The van der Waals surface area contributed by atoms with Crippen molar-refractivity contribution >= 4 is 45.0 Å². The Bertz CT molecular complexity index is 1340. The minimum atomic E-state index is -3.97. The largest absolute Gasteiger partial charge is 0.350 e. The Morgan fingerprint density at radius 2 is 1.78 bits per heavy atom. The molecule has 0 bridgehead atoms. The molecule has 36 heavy (non-hydrogen) atoms. The van der Waals surface area contributed by atoms with Crippen LogP contribution in [-0.2, 0) is 26.2 Å². The number of sulfonamides is 1. The first kappa shape index (κ1) is 25.8. The van der Waals surface area contributed by atoms with Crippen LogP contribution in [0.5, 0.6) is 0 Å². The topological polar surface area (TPSA) is 86.8 Å². The highest BCUT2D eigenvalue weighted by atomic mass is 32.2. The Hall–Kier alpha value is -3.30. The lowest BCUT2D eigenvalue weighted by Gasteiger charge is -2.24. The highest BCUT2D eigenvalue weighted by Crippen LogP contribution is 2.26. The molecule has 0 aliphatic carbocycles. The third-order valence-corrected chi connectivity index (χ3v) is 8.57. The number of nitrogens with zero attached hydrogens (tertiary/aromatic N) is 2. The van der Waals surface area contributed by atoms with E-state index in [1.165, 1.54) is 11.8 Å². The first-order valence-corrected chi connectivity index (χ1v) is 14.3. The van der Waals surface area contributed by atoms with Crippen LogP contribution in [0.3, 0.4) is 0 Å². The minimum Gasteiger partial charge on any atom is -0.350 e. The van der Waals surface area contributed by atoms with Gasteiger partial charge in [-0.2, -0.15) is 0 Å². The molecule has 1 fully saturated rings. The van der Waals surface area contributed by atoms with E-state index in [0.717, 1.165) is 32.4 Å². The van der Waals surface area contributed by atoms with Crippen LogP contribution < -0.4 is 14.5 Å². The van der Waals surface area contributed by atoms with Crippen molar-refractivity contribution in [1.82, 2.24) is 5.32 Å². The van der Waals surface area contributed by atoms with Crippen LogP contribution in [0.1, 0.15) is 24.0 Å². The first-order chi connectivity index (χ1) is 17.3. The summed E-state index contributed by atoms with van der Waals surface area (Å²) in [5.41, 5.74) is 3.04. The summed E-state index contributed by atoms with van der Waals surface area (Å²) in [6.07, 6.45) is 3.30. The van der Waals surface area contributed by atoms with Crippen molar-refractivity contribution in [2.45, 2.75) is 36.1 Å². The number of benzene rings is 3. The minimum absolute atomic E-state index is 0.0979. The van der Waals surface area contributed by atoms with E-state index in [1.54, 1.807) is 41.3 Å². The molecule has 0 radical (unpaired) electrons. The quantitative estimate of drug-likeness (QED) is 0.421. The average molecular weight is 524 g/mol. The van der Waals surface area contributed by atoms with Crippen molar-refractivity contribution < 1.29 is 18.0 Å². The Morgan fingerprint density at radius 1 is 1.06 bits per heavy atom. The van der Waals surface area contributed by atoms with Gasteiger partial charge in [-0.15, -0.1) is 11.8 Å². The summed E-state index contributed by atoms with van der Waals surface area (Å²) in [7, 11) is -3.97. The van der Waals surface area contributed by atoms with Crippen LogP contribution in [0, 0.1) is 6.92 Å². The smallest absolute Gasteiger partial charge is 0.264 e. The summed E-state index contributed by atoms with van der Waals surface area (Å²) in [5, 5.41) is 2.83. The van der Waals surface area contributed by atoms with Crippen molar-refractivity contribution in [2.24, 2.45) is 0 Å². The molecule has 188 valence electrons. The number of rotatable bonds is 9. The second kappa shape index (κ2) is 11.2. The summed E-state index contributed by atoms with van der Waals surface area (Å²) in [6, 6.07) is 21.1. The number of carbonyl (C=O) groups is 2. The Balaban J connectivity index is 1.51. The molecular weight excluding hydrogens is 494 g/mol. The van der Waals surface area contributed by atoms with E-state index in [2.05, 4.69) is 5.32 Å². The van der Waals surface area contributed by atoms with Gasteiger partial charge in [-0.25, -0.2) is 8.42 Å². The Morgan fingerprint density at radius 3 is 2.42 bits per heavy atom. The average Bonchev–Trinajstić information content (AvgIpc) is 3.32. The molecule has 1 heterocycles. The van der Waals surface area contributed by atoms with Crippen LogP contribution in [0.25, 0.3) is 0 Å². The van der Waals surface area contributed by atoms with Gasteiger partial charge in [-0.1, -0.05) is 29.8 Å². The van der Waals surface area contributed by atoms with Crippen LogP contribution >= 0.6 is 11.8 Å². The Kier molecular flexibility index (Phi) is 8.01. The fourth-order valence-corrected chi connectivity index (χ4v) is 5.87. The standard InChI is InChI=1S/C27H29N3O4S2/c1-20-8-10-22(11-9-20)30(36(33,34)25-14-12-24(35-2)13-15-25)19-26(31)28-18-21-5-3-6-23(17-21)29-16-4-7-27(29)32/h3,5-6,8-15,17H,4,7,16,18-19H2,1-2H3,(H,28,31). The molecule has 1 aliphatic heterocycles. The van der Waals surface area contributed by atoms with Gasteiger partial charge in [0.25, 0.3) is 10.0 Å². The molecule has 0 spiro atoms. The Labute approximate surface area is 216 Å². The van der Waals surface area contributed by atoms with Gasteiger partial charge in [0, 0.05) is 30.1 Å². The zero-order valence-electron chi connectivity index (χ0n) is 20.3. The monoisotopic (exact) mass is 523 g/mol. The van der Waals surface area contributed by atoms with E-state index < -0.39 is 15.9 Å². The van der Waals surface area contributed by atoms with Crippen molar-refractivity contribution in [2.75, 3.05) is 28.6 Å². The number of hydrogen-bond acceptors (Lipinski definition) is 5. The lowest BCUT2D eigenvalue weighted by molar-refractivity contribution is -0.120. The van der Waals surface area contributed by atoms with E-state index in [9.17, 15) is 18.0 Å². The molecule has 4 rings (SSSR count). The van der Waals surface area contributed by atoms with E-state index >= 15 is 0 Å². The second-order valence-corrected chi connectivity index (χ2v) is 11.4. The lowest BCUT2D eigenvalue weighted by Crippen LogP contribution is -2.40. The van der Waals surface area contributed by atoms with Gasteiger partial charge in [0.1, 0.15) is 6.54 Å². The molecular formula is C27H29N3O4S2. The molecule has 2 amide bonds. The van der Waals surface area contributed by atoms with Gasteiger partial charge < -0.3 is 10.2 Å². The molecule has 1 N–H and O–H groups in total. The first-order valence-electron chi connectivity index (χ1n) is 11.7. The third-order valence-electron chi connectivity index (χ3n) is 6.04. The second-order valence-electron chi connectivity index (χ2n) is 8.62. The molecule has 7 nitrogen and oxygen atoms in total. The summed E-state index contributed by atoms with van der Waals surface area (Å²) < 4.78 is 28.2. The molecule has 1 saturated heterocycles. The molecule has 0 unspecified atom stereocenters. The van der Waals surface area contributed by atoms with Crippen LogP contribution in [0.15, 0.2) is 82.6 Å². The number of nitrogens with one attached hydrogen (secondary N) is 1. The molecule has 0 aromatic heterocycles. The summed E-state index contributed by atoms with van der Waals surface area (Å²) in [4.78, 5) is 27.8. The van der Waals surface area contributed by atoms with Gasteiger partial charge in [-0.3, -0.25) is 13.9 Å². The number of aryl methyl sites for hydroxylation is 1. The van der Waals surface area contributed by atoms with E-state index in [0.29, 0.717) is 18.7 Å². The third kappa shape index (κ3) is 5.91. The van der Waals surface area contributed by atoms with E-state index in [4.69, 9.17) is 0 Å². The van der Waals surface area contributed by atoms with E-state index in [1.807, 2.05) is 49.6 Å². The van der Waals surface area contributed by atoms with Crippen molar-refractivity contribution in [3.8, 4) is 0 Å². The van der Waals surface area contributed by atoms with Gasteiger partial charge in [-0.05, 0) is 73.7 Å². The van der Waals surface area contributed by atoms with Crippen molar-refractivity contribution in [1.29, 1.82) is 0 Å². The number of carbonyl (C=O) groups excluding carboxylic acids is 2. The van der Waals surface area contributed by atoms with Gasteiger partial charge in [0.05, 0.1) is 10.6 Å². The maximum absolute atomic E-state index is 13.6.